The molecule has 1 spiro atoms. The van der Waals surface area contributed by atoms with E-state index in [0.29, 0.717) is 32.2 Å². The number of alkyl halides is 1. The van der Waals surface area contributed by atoms with Crippen LogP contribution in [-0.2, 0) is 19.1 Å². The summed E-state index contributed by atoms with van der Waals surface area (Å²) in [5, 5.41) is 9.27. The zero-order valence-corrected chi connectivity index (χ0v) is 26.4. The van der Waals surface area contributed by atoms with Crippen LogP contribution in [0.4, 0.5) is 11.4 Å². The van der Waals surface area contributed by atoms with Gasteiger partial charge in [-0.15, -0.1) is 24.9 Å². The minimum Gasteiger partial charge on any atom is -0.465 e. The Hall–Kier alpha value is -2.30. The van der Waals surface area contributed by atoms with Gasteiger partial charge in [-0.2, -0.15) is 0 Å². The van der Waals surface area contributed by atoms with E-state index >= 15 is 0 Å². The summed E-state index contributed by atoms with van der Waals surface area (Å²) in [6.45, 7) is 14.4. The lowest BCUT2D eigenvalue weighted by Gasteiger charge is -2.38. The van der Waals surface area contributed by atoms with Crippen molar-refractivity contribution in [3.05, 3.63) is 49.6 Å². The highest BCUT2D eigenvalue weighted by Gasteiger charge is 2.76. The van der Waals surface area contributed by atoms with Crippen molar-refractivity contribution in [2.75, 3.05) is 49.2 Å². The van der Waals surface area contributed by atoms with E-state index < -0.39 is 22.6 Å². The van der Waals surface area contributed by atoms with Crippen molar-refractivity contribution < 1.29 is 24.2 Å². The van der Waals surface area contributed by atoms with Gasteiger partial charge in [0.25, 0.3) is 5.91 Å². The van der Waals surface area contributed by atoms with Crippen molar-refractivity contribution in [2.24, 2.45) is 11.8 Å². The van der Waals surface area contributed by atoms with Gasteiger partial charge in [-0.05, 0) is 63.8 Å². The highest BCUT2D eigenvalue weighted by atomic mass is 79.9. The van der Waals surface area contributed by atoms with E-state index in [1.807, 2.05) is 24.3 Å². The fourth-order valence-electron chi connectivity index (χ4n) is 6.68. The molecule has 3 unspecified atom stereocenters. The molecule has 1 aromatic rings. The van der Waals surface area contributed by atoms with E-state index in [4.69, 9.17) is 4.74 Å². The van der Waals surface area contributed by atoms with Gasteiger partial charge in [-0.3, -0.25) is 14.4 Å². The molecule has 3 saturated heterocycles. The van der Waals surface area contributed by atoms with Crippen LogP contribution in [0.25, 0.3) is 0 Å². The third-order valence-electron chi connectivity index (χ3n) is 8.54. The zero-order valence-electron chi connectivity index (χ0n) is 24.0. The monoisotopic (exact) mass is 647 g/mol. The van der Waals surface area contributed by atoms with Crippen LogP contribution in [0, 0.1) is 11.8 Å². The van der Waals surface area contributed by atoms with Gasteiger partial charge >= 0.3 is 5.97 Å². The van der Waals surface area contributed by atoms with Gasteiger partial charge in [0.2, 0.25) is 5.91 Å². The van der Waals surface area contributed by atoms with E-state index in [0.717, 1.165) is 24.5 Å². The fourth-order valence-corrected chi connectivity index (χ4v) is 10.3. The molecule has 0 aromatic heterocycles. The number of likely N-dealkylation sites (tertiary alicyclic amines) is 1. The summed E-state index contributed by atoms with van der Waals surface area (Å²) in [7, 11) is 0. The number of benzene rings is 1. The van der Waals surface area contributed by atoms with Crippen LogP contribution in [-0.4, -0.2) is 88.0 Å². The van der Waals surface area contributed by atoms with Crippen LogP contribution in [0.15, 0.2) is 49.6 Å². The summed E-state index contributed by atoms with van der Waals surface area (Å²) >= 11 is 5.39. The number of ether oxygens (including phenoxy) is 1. The lowest BCUT2D eigenvalue weighted by Crippen LogP contribution is -2.55. The van der Waals surface area contributed by atoms with E-state index in [1.165, 1.54) is 0 Å². The molecule has 2 bridgehead atoms. The van der Waals surface area contributed by atoms with Crippen molar-refractivity contribution in [1.82, 2.24) is 4.90 Å². The van der Waals surface area contributed by atoms with Crippen LogP contribution in [0.5, 0.6) is 0 Å². The predicted octanol–water partition coefficient (Wildman–Crippen LogP) is 4.41. The minimum absolute atomic E-state index is 0.00917. The van der Waals surface area contributed by atoms with E-state index in [1.54, 1.807) is 33.7 Å². The summed E-state index contributed by atoms with van der Waals surface area (Å²) in [6, 6.07) is 7.19. The molecule has 3 aliphatic heterocycles. The number of aliphatic hydroxyl groups is 1. The Morgan fingerprint density at radius 2 is 1.85 bits per heavy atom. The summed E-state index contributed by atoms with van der Waals surface area (Å²) in [4.78, 5) is 47.8. The second kappa shape index (κ2) is 13.8. The number of anilines is 2. The first-order chi connectivity index (χ1) is 19.8. The number of esters is 1. The number of thioether (sulfide) groups is 1. The minimum atomic E-state index is -0.755. The number of carbonyl (C=O) groups excluding carboxylic acids is 3. The molecule has 3 aliphatic rings. The molecule has 224 valence electrons. The molecule has 0 saturated carbocycles. The first-order valence-electron chi connectivity index (χ1n) is 14.6. The third-order valence-corrected chi connectivity index (χ3v) is 11.8. The lowest BCUT2D eigenvalue weighted by atomic mass is 9.71. The largest absolute Gasteiger partial charge is 0.465 e. The fraction of sp³-hybridized carbons (Fsp3) is 0.581. The molecule has 4 rings (SSSR count). The average molecular weight is 649 g/mol. The van der Waals surface area contributed by atoms with E-state index in [9.17, 15) is 19.5 Å². The molecule has 10 heteroatoms. The Kier molecular flexibility index (Phi) is 10.6. The Morgan fingerprint density at radius 3 is 2.46 bits per heavy atom. The molecule has 3 heterocycles. The number of carbonyl (C=O) groups is 3. The summed E-state index contributed by atoms with van der Waals surface area (Å²) in [5.74, 6) is -1.99. The molecule has 41 heavy (non-hydrogen) atoms. The summed E-state index contributed by atoms with van der Waals surface area (Å²) in [6.07, 6.45) is 5.62. The van der Waals surface area contributed by atoms with Gasteiger partial charge < -0.3 is 24.5 Å². The summed E-state index contributed by atoms with van der Waals surface area (Å²) in [5.41, 5.74) is 1.82. The number of fused-ring (bicyclic) bond motifs is 1. The van der Waals surface area contributed by atoms with Gasteiger partial charge in [0.05, 0.1) is 23.2 Å². The van der Waals surface area contributed by atoms with Crippen LogP contribution >= 0.6 is 27.7 Å². The standard InChI is InChI=1S/C31H42BrN3O5S/c1-5-9-19-40-30(39)24-25-28(37)35(17-10-11-18-36)27(31(25)20-23(32)26(24)41-31)29(38)34(16-6-2)22-14-12-21(13-15-22)33(7-3)8-4/h5-6,12-15,23-27,36H,1-2,7-11,16-20H2,3-4H3/t23?,24-,25-,26-,27?,31?/m0/s1. The number of rotatable bonds is 15. The maximum absolute atomic E-state index is 14.6. The normalized spacial score (nSPS) is 28.0. The quantitative estimate of drug-likeness (QED) is 0.131. The Labute approximate surface area is 256 Å². The second-order valence-electron chi connectivity index (χ2n) is 10.8. The number of aliphatic hydroxyl groups excluding tert-OH is 1. The van der Waals surface area contributed by atoms with Gasteiger partial charge in [0.15, 0.2) is 0 Å². The molecule has 3 fully saturated rings. The predicted molar refractivity (Wildman–Crippen MR) is 169 cm³/mol. The molecular formula is C31H42BrN3O5S. The third kappa shape index (κ3) is 5.84. The van der Waals surface area contributed by atoms with Crippen LogP contribution in [0.2, 0.25) is 0 Å². The molecule has 2 amide bonds. The Bertz CT molecular complexity index is 1130. The topological polar surface area (TPSA) is 90.4 Å². The number of hydrogen-bond acceptors (Lipinski definition) is 7. The van der Waals surface area contributed by atoms with E-state index in [-0.39, 0.29) is 47.6 Å². The average Bonchev–Trinajstić information content (AvgIpc) is 3.56. The van der Waals surface area contributed by atoms with Crippen molar-refractivity contribution >= 4 is 56.9 Å². The Morgan fingerprint density at radius 1 is 1.17 bits per heavy atom. The van der Waals surface area contributed by atoms with Crippen molar-refractivity contribution in [1.29, 1.82) is 0 Å². The summed E-state index contributed by atoms with van der Waals surface area (Å²) < 4.78 is 4.84. The van der Waals surface area contributed by atoms with Gasteiger partial charge in [-0.25, -0.2) is 0 Å². The number of amides is 2. The molecule has 6 atom stereocenters. The maximum atomic E-state index is 14.6. The van der Waals surface area contributed by atoms with Crippen LogP contribution in [0.1, 0.15) is 39.5 Å². The van der Waals surface area contributed by atoms with Crippen molar-refractivity contribution in [3.63, 3.8) is 0 Å². The highest BCUT2D eigenvalue weighted by molar-refractivity contribution is 9.09. The number of nitrogens with zero attached hydrogens (tertiary/aromatic N) is 3. The second-order valence-corrected chi connectivity index (χ2v) is 13.5. The number of unbranched alkanes of at least 4 members (excludes halogenated alkanes) is 1. The van der Waals surface area contributed by atoms with Crippen LogP contribution < -0.4 is 9.80 Å². The van der Waals surface area contributed by atoms with Gasteiger partial charge in [0, 0.05) is 54.2 Å². The zero-order chi connectivity index (χ0) is 29.7. The molecule has 0 aliphatic carbocycles. The van der Waals surface area contributed by atoms with Gasteiger partial charge in [-0.1, -0.05) is 28.1 Å². The molecule has 1 N–H and O–H groups in total. The molecule has 0 radical (unpaired) electrons. The lowest BCUT2D eigenvalue weighted by molar-refractivity contribution is -0.154. The van der Waals surface area contributed by atoms with Crippen molar-refractivity contribution in [2.45, 2.75) is 60.4 Å². The molecular weight excluding hydrogens is 606 g/mol. The van der Waals surface area contributed by atoms with Crippen molar-refractivity contribution in [3.8, 4) is 0 Å². The molecule has 8 nitrogen and oxygen atoms in total. The highest BCUT2D eigenvalue weighted by Crippen LogP contribution is 2.68. The van der Waals surface area contributed by atoms with Crippen LogP contribution in [0.3, 0.4) is 0 Å². The van der Waals surface area contributed by atoms with E-state index in [2.05, 4.69) is 47.8 Å². The molecule has 1 aromatic carbocycles. The maximum Gasteiger partial charge on any atom is 0.310 e. The Balaban J connectivity index is 1.71. The first kappa shape index (κ1) is 31.6. The smallest absolute Gasteiger partial charge is 0.310 e. The SMILES string of the molecule is C=CCCOC(=O)[C@H]1[C@H]2C(=O)N(CCCCO)C(C(=O)N(CC=C)c3ccc(N(CC)CC)cc3)C23CC(Br)[C@@H]1S3. The first-order valence-corrected chi connectivity index (χ1v) is 16.4. The van der Waals surface area contributed by atoms with Gasteiger partial charge in [0.1, 0.15) is 6.04 Å². The number of hydrogen-bond donors (Lipinski definition) is 1. The number of halogens is 1.